The Bertz CT molecular complexity index is 1550. The first-order chi connectivity index (χ1) is 16.6. The highest BCUT2D eigenvalue weighted by atomic mass is 35.5. The number of rotatable bonds is 4. The number of pyridine rings is 2. The number of fused-ring (bicyclic) bond motifs is 1. The molecule has 1 atom stereocenters. The van der Waals surface area contributed by atoms with Gasteiger partial charge < -0.3 is 15.3 Å². The van der Waals surface area contributed by atoms with Gasteiger partial charge in [-0.25, -0.2) is 9.97 Å². The second kappa shape index (κ2) is 7.92. The Morgan fingerprint density at radius 1 is 1.06 bits per heavy atom. The van der Waals surface area contributed by atoms with Crippen LogP contribution >= 0.6 is 11.6 Å². The number of aryl methyl sites for hydroxylation is 1. The van der Waals surface area contributed by atoms with Crippen LogP contribution in [-0.2, 0) is 6.42 Å². The second-order valence-electron chi connectivity index (χ2n) is 8.07. The number of nitrogens with one attached hydrogen (secondary N) is 1. The van der Waals surface area contributed by atoms with Gasteiger partial charge in [0.2, 0.25) is 0 Å². The van der Waals surface area contributed by atoms with Gasteiger partial charge in [0.1, 0.15) is 18.0 Å². The molecule has 0 fully saturated rings. The molecule has 0 bridgehead atoms. The average Bonchev–Trinajstić information content (AvgIpc) is 3.60. The third kappa shape index (κ3) is 3.44. The van der Waals surface area contributed by atoms with E-state index in [2.05, 4.69) is 30.5 Å². The van der Waals surface area contributed by atoms with Crippen molar-refractivity contribution in [1.29, 1.82) is 0 Å². The molecule has 0 aliphatic carbocycles. The highest BCUT2D eigenvalue weighted by Crippen LogP contribution is 2.34. The number of tetrazole rings is 1. The van der Waals surface area contributed by atoms with Gasteiger partial charge in [0.25, 0.3) is 5.56 Å². The van der Waals surface area contributed by atoms with Crippen molar-refractivity contribution in [1.82, 2.24) is 39.7 Å². The third-order valence-electron chi connectivity index (χ3n) is 6.01. The zero-order valence-corrected chi connectivity index (χ0v) is 18.5. The summed E-state index contributed by atoms with van der Waals surface area (Å²) in [5.41, 5.74) is 10.5. The molecule has 10 nitrogen and oxygen atoms in total. The fraction of sp³-hybridized carbons (Fsp3) is 0.130. The molecule has 1 aliphatic rings. The fourth-order valence-electron chi connectivity index (χ4n) is 4.45. The maximum atomic E-state index is 13.3. The highest BCUT2D eigenvalue weighted by molar-refractivity contribution is 6.31. The van der Waals surface area contributed by atoms with Gasteiger partial charge in [0.15, 0.2) is 0 Å². The molecule has 34 heavy (non-hydrogen) atoms. The van der Waals surface area contributed by atoms with Crippen LogP contribution in [0.25, 0.3) is 28.2 Å². The lowest BCUT2D eigenvalue weighted by Gasteiger charge is -2.15. The molecule has 0 radical (unpaired) electrons. The summed E-state index contributed by atoms with van der Waals surface area (Å²) in [5.74, 6) is 1.14. The summed E-state index contributed by atoms with van der Waals surface area (Å²) in [6.07, 6.45) is 6.50. The number of anilines is 1. The molecule has 0 amide bonds. The maximum absolute atomic E-state index is 13.3. The number of aromatic amines is 1. The van der Waals surface area contributed by atoms with Crippen LogP contribution in [0.3, 0.4) is 0 Å². The summed E-state index contributed by atoms with van der Waals surface area (Å²) >= 11 is 6.28. The van der Waals surface area contributed by atoms with Crippen molar-refractivity contribution < 1.29 is 0 Å². The number of nitrogens with zero attached hydrogens (tertiary/aromatic N) is 7. The van der Waals surface area contributed by atoms with E-state index in [1.165, 1.54) is 6.33 Å². The summed E-state index contributed by atoms with van der Waals surface area (Å²) in [6.45, 7) is 0. The lowest BCUT2D eigenvalue weighted by Crippen LogP contribution is -2.23. The minimum atomic E-state index is -0.127. The van der Waals surface area contributed by atoms with Gasteiger partial charge in [-0.3, -0.25) is 4.79 Å². The molecule has 1 aliphatic heterocycles. The molecular weight excluding hydrogens is 454 g/mol. The van der Waals surface area contributed by atoms with Gasteiger partial charge >= 0.3 is 0 Å². The Balaban J connectivity index is 1.39. The standard InChI is InChI=1S/C23H18ClN9O/c24-15-2-4-19(32-12-28-30-31-32)17(9-15)14-7-16-3-5-20(33(16)22(34)8-14)18-11-27-23(29-18)13-1-6-21(25)26-10-13/h1-2,4,6-12,20H,3,5H2,(H2,25,26)(H,27,29)/t20-/m0/s1. The molecule has 0 saturated carbocycles. The van der Waals surface area contributed by atoms with Gasteiger partial charge in [0.05, 0.1) is 23.6 Å². The molecule has 0 spiro atoms. The van der Waals surface area contributed by atoms with Crippen molar-refractivity contribution in [2.75, 3.05) is 5.73 Å². The average molecular weight is 472 g/mol. The van der Waals surface area contributed by atoms with E-state index < -0.39 is 0 Å². The van der Waals surface area contributed by atoms with Crippen molar-refractivity contribution in [3.8, 4) is 28.2 Å². The van der Waals surface area contributed by atoms with Gasteiger partial charge in [-0.15, -0.1) is 5.10 Å². The number of nitrogens with two attached hydrogens (primary N) is 1. The zero-order valence-electron chi connectivity index (χ0n) is 17.8. The van der Waals surface area contributed by atoms with Crippen LogP contribution in [0.4, 0.5) is 5.82 Å². The largest absolute Gasteiger partial charge is 0.384 e. The van der Waals surface area contributed by atoms with E-state index >= 15 is 0 Å². The van der Waals surface area contributed by atoms with E-state index in [9.17, 15) is 4.79 Å². The van der Waals surface area contributed by atoms with E-state index in [-0.39, 0.29) is 11.6 Å². The summed E-state index contributed by atoms with van der Waals surface area (Å²) in [4.78, 5) is 25.3. The van der Waals surface area contributed by atoms with E-state index in [1.54, 1.807) is 35.3 Å². The Hall–Kier alpha value is -4.31. The predicted octanol–water partition coefficient (Wildman–Crippen LogP) is 3.05. The smallest absolute Gasteiger partial charge is 0.251 e. The SMILES string of the molecule is Nc1ccc(-c2ncc([C@@H]3CCc4cc(-c5cc(Cl)ccc5-n5cnnn5)cc(=O)n43)[nH]2)cn1. The van der Waals surface area contributed by atoms with E-state index in [0.29, 0.717) is 16.7 Å². The van der Waals surface area contributed by atoms with Gasteiger partial charge in [-0.2, -0.15) is 4.68 Å². The number of hydrogen-bond acceptors (Lipinski definition) is 7. The van der Waals surface area contributed by atoms with Crippen LogP contribution in [0.2, 0.25) is 5.02 Å². The Kier molecular flexibility index (Phi) is 4.73. The van der Waals surface area contributed by atoms with Gasteiger partial charge in [0, 0.05) is 34.1 Å². The van der Waals surface area contributed by atoms with Crippen molar-refractivity contribution in [2.45, 2.75) is 18.9 Å². The summed E-state index contributed by atoms with van der Waals surface area (Å²) in [6, 6.07) is 12.5. The minimum absolute atomic E-state index is 0.0945. The molecule has 11 heteroatoms. The van der Waals surface area contributed by atoms with Crippen molar-refractivity contribution in [3.05, 3.63) is 87.9 Å². The van der Waals surface area contributed by atoms with Crippen LogP contribution < -0.4 is 11.3 Å². The summed E-state index contributed by atoms with van der Waals surface area (Å²) < 4.78 is 3.38. The first kappa shape index (κ1) is 20.3. The lowest BCUT2D eigenvalue weighted by molar-refractivity contribution is 0.588. The third-order valence-corrected chi connectivity index (χ3v) is 6.25. The number of imidazole rings is 1. The molecule has 4 aromatic heterocycles. The van der Waals surface area contributed by atoms with Gasteiger partial charge in [-0.05, 0) is 65.2 Å². The number of hydrogen-bond donors (Lipinski definition) is 2. The van der Waals surface area contributed by atoms with Crippen LogP contribution in [0.5, 0.6) is 0 Å². The van der Waals surface area contributed by atoms with Crippen LogP contribution in [-0.4, -0.2) is 39.7 Å². The zero-order chi connectivity index (χ0) is 23.2. The molecule has 6 rings (SSSR count). The van der Waals surface area contributed by atoms with Crippen LogP contribution in [0, 0.1) is 0 Å². The highest BCUT2D eigenvalue weighted by Gasteiger charge is 2.27. The number of H-pyrrole nitrogens is 1. The molecule has 168 valence electrons. The van der Waals surface area contributed by atoms with Crippen molar-refractivity contribution in [3.63, 3.8) is 0 Å². The van der Waals surface area contributed by atoms with E-state index in [4.69, 9.17) is 17.3 Å². The molecule has 5 aromatic rings. The quantitative estimate of drug-likeness (QED) is 0.411. The van der Waals surface area contributed by atoms with Gasteiger partial charge in [-0.1, -0.05) is 11.6 Å². The topological polar surface area (TPSA) is 133 Å². The molecule has 3 N–H and O–H groups in total. The molecule has 1 aromatic carbocycles. The Labute approximate surface area is 198 Å². The first-order valence-electron chi connectivity index (χ1n) is 10.6. The fourth-order valence-corrected chi connectivity index (χ4v) is 4.62. The first-order valence-corrected chi connectivity index (χ1v) is 11.0. The van der Waals surface area contributed by atoms with Crippen LogP contribution in [0.1, 0.15) is 23.9 Å². The summed E-state index contributed by atoms with van der Waals surface area (Å²) in [7, 11) is 0. The Morgan fingerprint density at radius 3 is 2.76 bits per heavy atom. The number of aromatic nitrogens is 8. The van der Waals surface area contributed by atoms with Crippen molar-refractivity contribution in [2.24, 2.45) is 0 Å². The molecule has 0 unspecified atom stereocenters. The van der Waals surface area contributed by atoms with E-state index in [0.717, 1.165) is 46.6 Å². The number of halogens is 1. The normalized spacial score (nSPS) is 14.9. The molecule has 0 saturated heterocycles. The minimum Gasteiger partial charge on any atom is -0.384 e. The number of nitrogen functional groups attached to an aromatic ring is 1. The monoisotopic (exact) mass is 471 g/mol. The Morgan fingerprint density at radius 2 is 1.97 bits per heavy atom. The van der Waals surface area contributed by atoms with Crippen molar-refractivity contribution >= 4 is 17.4 Å². The van der Waals surface area contributed by atoms with Crippen LogP contribution in [0.15, 0.2) is 66.0 Å². The predicted molar refractivity (Wildman–Crippen MR) is 127 cm³/mol. The second-order valence-corrected chi connectivity index (χ2v) is 8.51. The number of benzene rings is 1. The summed E-state index contributed by atoms with van der Waals surface area (Å²) in [5, 5.41) is 12.0. The lowest BCUT2D eigenvalue weighted by atomic mass is 10.0. The maximum Gasteiger partial charge on any atom is 0.251 e. The molecule has 5 heterocycles. The van der Waals surface area contributed by atoms with E-state index in [1.807, 2.05) is 28.8 Å². The molecular formula is C23H18ClN9O.